The van der Waals surface area contributed by atoms with Gasteiger partial charge >= 0.3 is 0 Å². The molecular formula is C17H22N2. The SMILES string of the molecule is C=C1CCN(c2ccc(C34CNCC3C4)cc2)CC1. The molecule has 3 aliphatic rings. The van der Waals surface area contributed by atoms with E-state index in [0.717, 1.165) is 31.8 Å². The fraction of sp³-hybridized carbons (Fsp3) is 0.529. The number of anilines is 1. The Kier molecular flexibility index (Phi) is 2.49. The maximum Gasteiger partial charge on any atom is 0.0366 e. The topological polar surface area (TPSA) is 15.3 Å². The van der Waals surface area contributed by atoms with Crippen LogP contribution < -0.4 is 10.2 Å². The quantitative estimate of drug-likeness (QED) is 0.816. The largest absolute Gasteiger partial charge is 0.371 e. The molecule has 2 heteroatoms. The second-order valence-electron chi connectivity index (χ2n) is 6.47. The molecule has 1 saturated carbocycles. The lowest BCUT2D eigenvalue weighted by atomic mass is 9.94. The molecule has 2 heterocycles. The lowest BCUT2D eigenvalue weighted by Gasteiger charge is -2.30. The minimum atomic E-state index is 0.495. The van der Waals surface area contributed by atoms with Crippen LogP contribution >= 0.6 is 0 Å². The average Bonchev–Trinajstić information content (AvgIpc) is 3.02. The summed E-state index contributed by atoms with van der Waals surface area (Å²) in [5.41, 5.74) is 4.84. The molecule has 0 radical (unpaired) electrons. The summed E-state index contributed by atoms with van der Waals surface area (Å²) in [5, 5.41) is 3.52. The van der Waals surface area contributed by atoms with Gasteiger partial charge in [0.25, 0.3) is 0 Å². The van der Waals surface area contributed by atoms with E-state index in [0.29, 0.717) is 5.41 Å². The van der Waals surface area contributed by atoms with Gasteiger partial charge in [-0.3, -0.25) is 0 Å². The van der Waals surface area contributed by atoms with Crippen molar-refractivity contribution in [2.24, 2.45) is 5.92 Å². The first-order chi connectivity index (χ1) is 9.28. The van der Waals surface area contributed by atoms with Crippen LogP contribution in [0.3, 0.4) is 0 Å². The lowest BCUT2D eigenvalue weighted by molar-refractivity contribution is 0.672. The van der Waals surface area contributed by atoms with E-state index in [1.165, 1.54) is 30.8 Å². The van der Waals surface area contributed by atoms with Gasteiger partial charge in [-0.05, 0) is 49.4 Å². The number of hydrogen-bond donors (Lipinski definition) is 1. The van der Waals surface area contributed by atoms with Crippen molar-refractivity contribution >= 4 is 5.69 Å². The molecule has 2 aliphatic heterocycles. The second-order valence-corrected chi connectivity index (χ2v) is 6.47. The monoisotopic (exact) mass is 254 g/mol. The maximum absolute atomic E-state index is 4.09. The normalized spacial score (nSPS) is 33.4. The van der Waals surface area contributed by atoms with Crippen LogP contribution in [0.25, 0.3) is 0 Å². The molecule has 2 atom stereocenters. The molecule has 2 saturated heterocycles. The van der Waals surface area contributed by atoms with Crippen LogP contribution in [0.1, 0.15) is 24.8 Å². The summed E-state index contributed by atoms with van der Waals surface area (Å²) in [6, 6.07) is 9.38. The van der Waals surface area contributed by atoms with Gasteiger partial charge in [0.1, 0.15) is 0 Å². The summed E-state index contributed by atoms with van der Waals surface area (Å²) in [6.45, 7) is 8.75. The Hall–Kier alpha value is -1.28. The third kappa shape index (κ3) is 1.81. The first-order valence-corrected chi connectivity index (χ1v) is 7.51. The zero-order chi connectivity index (χ0) is 12.9. The van der Waals surface area contributed by atoms with Crippen LogP contribution in [0.15, 0.2) is 36.4 Å². The molecule has 2 unspecified atom stereocenters. The van der Waals surface area contributed by atoms with E-state index in [1.807, 2.05) is 0 Å². The fourth-order valence-corrected chi connectivity index (χ4v) is 3.88. The zero-order valence-corrected chi connectivity index (χ0v) is 11.5. The Morgan fingerprint density at radius 3 is 2.47 bits per heavy atom. The van der Waals surface area contributed by atoms with Crippen molar-refractivity contribution in [3.8, 4) is 0 Å². The molecule has 1 aliphatic carbocycles. The molecule has 1 aromatic rings. The summed E-state index contributed by atoms with van der Waals surface area (Å²) in [5.74, 6) is 0.900. The fourth-order valence-electron chi connectivity index (χ4n) is 3.88. The number of nitrogens with zero attached hydrogens (tertiary/aromatic N) is 1. The van der Waals surface area contributed by atoms with Crippen molar-refractivity contribution in [2.45, 2.75) is 24.7 Å². The van der Waals surface area contributed by atoms with E-state index in [9.17, 15) is 0 Å². The van der Waals surface area contributed by atoms with E-state index < -0.39 is 0 Å². The van der Waals surface area contributed by atoms with Gasteiger partial charge in [0.2, 0.25) is 0 Å². The summed E-state index contributed by atoms with van der Waals surface area (Å²) < 4.78 is 0. The standard InChI is InChI=1S/C17H22N2/c1-13-6-8-19(9-7-13)16-4-2-14(3-5-16)17-10-15(17)11-18-12-17/h2-5,15,18H,1,6-12H2. The molecule has 0 aromatic heterocycles. The predicted molar refractivity (Wildman–Crippen MR) is 79.7 cm³/mol. The molecule has 100 valence electrons. The molecule has 1 aromatic carbocycles. The highest BCUT2D eigenvalue weighted by Gasteiger charge is 2.57. The van der Waals surface area contributed by atoms with E-state index >= 15 is 0 Å². The average molecular weight is 254 g/mol. The van der Waals surface area contributed by atoms with Crippen LogP contribution in [0.4, 0.5) is 5.69 Å². The Morgan fingerprint density at radius 1 is 1.16 bits per heavy atom. The minimum Gasteiger partial charge on any atom is -0.371 e. The van der Waals surface area contributed by atoms with Crippen LogP contribution in [0.5, 0.6) is 0 Å². The number of hydrogen-bond acceptors (Lipinski definition) is 2. The molecule has 2 nitrogen and oxygen atoms in total. The van der Waals surface area contributed by atoms with Gasteiger partial charge in [-0.15, -0.1) is 0 Å². The van der Waals surface area contributed by atoms with Gasteiger partial charge in [0.05, 0.1) is 0 Å². The van der Waals surface area contributed by atoms with Gasteiger partial charge in [0, 0.05) is 30.7 Å². The smallest absolute Gasteiger partial charge is 0.0366 e. The molecule has 3 fully saturated rings. The predicted octanol–water partition coefficient (Wildman–Crippen LogP) is 2.70. The summed E-state index contributed by atoms with van der Waals surface area (Å²) in [7, 11) is 0. The van der Waals surface area contributed by atoms with Crippen molar-refractivity contribution in [2.75, 3.05) is 31.1 Å². The number of benzene rings is 1. The van der Waals surface area contributed by atoms with Crippen molar-refractivity contribution in [1.82, 2.24) is 5.32 Å². The second kappa shape index (κ2) is 4.11. The first-order valence-electron chi connectivity index (χ1n) is 7.51. The molecule has 19 heavy (non-hydrogen) atoms. The molecule has 0 amide bonds. The number of rotatable bonds is 2. The summed E-state index contributed by atoms with van der Waals surface area (Å²) in [4.78, 5) is 2.49. The van der Waals surface area contributed by atoms with E-state index in [1.54, 1.807) is 5.56 Å². The maximum atomic E-state index is 4.09. The van der Waals surface area contributed by atoms with E-state index in [2.05, 4.69) is 41.1 Å². The number of piperidine rings is 2. The highest BCUT2D eigenvalue weighted by molar-refractivity contribution is 5.51. The Balaban J connectivity index is 1.52. The van der Waals surface area contributed by atoms with Crippen LogP contribution in [0, 0.1) is 5.92 Å². The molecule has 4 rings (SSSR count). The highest BCUT2D eigenvalue weighted by atomic mass is 15.1. The zero-order valence-electron chi connectivity index (χ0n) is 11.5. The highest BCUT2D eigenvalue weighted by Crippen LogP contribution is 2.56. The Labute approximate surface area is 115 Å². The third-order valence-corrected chi connectivity index (χ3v) is 5.34. The summed E-state index contributed by atoms with van der Waals surface area (Å²) in [6.07, 6.45) is 3.69. The Morgan fingerprint density at radius 2 is 1.89 bits per heavy atom. The molecule has 0 bridgehead atoms. The minimum absolute atomic E-state index is 0.495. The van der Waals surface area contributed by atoms with Gasteiger partial charge in [-0.1, -0.05) is 24.3 Å². The van der Waals surface area contributed by atoms with Crippen molar-refractivity contribution in [3.63, 3.8) is 0 Å². The molecule has 1 N–H and O–H groups in total. The third-order valence-electron chi connectivity index (χ3n) is 5.34. The van der Waals surface area contributed by atoms with Crippen LogP contribution in [-0.4, -0.2) is 26.2 Å². The van der Waals surface area contributed by atoms with Crippen molar-refractivity contribution in [3.05, 3.63) is 42.0 Å². The number of fused-ring (bicyclic) bond motifs is 1. The van der Waals surface area contributed by atoms with Gasteiger partial charge in [0.15, 0.2) is 0 Å². The van der Waals surface area contributed by atoms with Crippen LogP contribution in [0.2, 0.25) is 0 Å². The van der Waals surface area contributed by atoms with Gasteiger partial charge < -0.3 is 10.2 Å². The lowest BCUT2D eigenvalue weighted by Crippen LogP contribution is -2.30. The van der Waals surface area contributed by atoms with E-state index in [-0.39, 0.29) is 0 Å². The van der Waals surface area contributed by atoms with Crippen molar-refractivity contribution in [1.29, 1.82) is 0 Å². The summed E-state index contributed by atoms with van der Waals surface area (Å²) >= 11 is 0. The van der Waals surface area contributed by atoms with Gasteiger partial charge in [-0.2, -0.15) is 0 Å². The number of nitrogens with one attached hydrogen (secondary N) is 1. The van der Waals surface area contributed by atoms with Gasteiger partial charge in [-0.25, -0.2) is 0 Å². The first kappa shape index (κ1) is 11.5. The van der Waals surface area contributed by atoms with E-state index in [4.69, 9.17) is 0 Å². The van der Waals surface area contributed by atoms with Crippen LogP contribution in [-0.2, 0) is 5.41 Å². The van der Waals surface area contributed by atoms with Crippen molar-refractivity contribution < 1.29 is 0 Å². The Bertz CT molecular complexity index is 494. The molecule has 0 spiro atoms. The molecular weight excluding hydrogens is 232 g/mol.